The van der Waals surface area contributed by atoms with E-state index >= 15 is 0 Å². The third-order valence-electron chi connectivity index (χ3n) is 11.0. The Hall–Kier alpha value is -7.58. The molecule has 0 radical (unpaired) electrons. The average Bonchev–Trinajstić information content (AvgIpc) is 3.94. The van der Waals surface area contributed by atoms with Gasteiger partial charge in [-0.2, -0.15) is 0 Å². The molecular weight excluding hydrogens is 701 g/mol. The van der Waals surface area contributed by atoms with Gasteiger partial charge in [-0.1, -0.05) is 110 Å². The van der Waals surface area contributed by atoms with Gasteiger partial charge >= 0.3 is 0 Å². The maximum absolute atomic E-state index is 5.32. The first-order valence-electron chi connectivity index (χ1n) is 19.1. The molecule has 0 atom stereocenters. The summed E-state index contributed by atoms with van der Waals surface area (Å²) in [4.78, 5) is 38.7. The summed E-state index contributed by atoms with van der Waals surface area (Å²) in [6, 6.07) is 25.4. The first-order valence-corrected chi connectivity index (χ1v) is 19.1. The van der Waals surface area contributed by atoms with E-state index in [1.165, 1.54) is 5.57 Å². The van der Waals surface area contributed by atoms with Crippen LogP contribution in [0.5, 0.6) is 0 Å². The van der Waals surface area contributed by atoms with Crippen LogP contribution in [0.25, 0.3) is 88.0 Å². The second-order valence-corrected chi connectivity index (χ2v) is 14.6. The molecule has 0 spiro atoms. The largest absolute Gasteiger partial charge is 0.324 e. The fraction of sp³-hybridized carbons (Fsp3) is 0.0612. The standard InChI is InChI=1S/C49H34N8/c1-3-35-37(23-30-16-8-5-9-17-30)45-52-43(35)53-47-39-25-32-19-11-10-18-31(32)24-38(39)46(56-47)51-42-28(2)36(22-29-14-6-4-7-15-29)44(50-42)54-48-40-26-33-20-12-13-21-34(33)27-41(40)49(55-45)57-48/h3-14,16,18-27H,1,15,17H2,2H3,(H2,50,51,52,53,54,55,56,57)/b29-22-,30-23-. The summed E-state index contributed by atoms with van der Waals surface area (Å²) < 4.78 is 0. The molecule has 11 rings (SSSR count). The van der Waals surface area contributed by atoms with Gasteiger partial charge in [-0.25, -0.2) is 29.9 Å². The molecule has 7 aromatic rings. The Labute approximate surface area is 327 Å². The number of hydrogen-bond acceptors (Lipinski definition) is 6. The maximum Gasteiger partial charge on any atom is 0.164 e. The van der Waals surface area contributed by atoms with Crippen molar-refractivity contribution in [1.82, 2.24) is 39.9 Å². The minimum Gasteiger partial charge on any atom is -0.324 e. The summed E-state index contributed by atoms with van der Waals surface area (Å²) >= 11 is 0. The van der Waals surface area contributed by atoms with Gasteiger partial charge in [0.1, 0.15) is 22.6 Å². The number of H-pyrrole nitrogens is 2. The van der Waals surface area contributed by atoms with Crippen LogP contribution in [-0.4, -0.2) is 39.9 Å². The monoisotopic (exact) mass is 734 g/mol. The van der Waals surface area contributed by atoms with Crippen molar-refractivity contribution in [3.8, 4) is 0 Å². The number of nitrogens with one attached hydrogen (secondary N) is 2. The molecule has 8 heteroatoms. The minimum absolute atomic E-state index is 0.514. The summed E-state index contributed by atoms with van der Waals surface area (Å²) in [6.07, 6.45) is 24.6. The second-order valence-electron chi connectivity index (χ2n) is 14.6. The lowest BCUT2D eigenvalue weighted by Gasteiger charge is -2.04. The van der Waals surface area contributed by atoms with Crippen LogP contribution in [0.15, 0.2) is 157 Å². The van der Waals surface area contributed by atoms with Gasteiger partial charge in [0.2, 0.25) is 0 Å². The van der Waals surface area contributed by atoms with E-state index < -0.39 is 0 Å². The Morgan fingerprint density at radius 3 is 1.33 bits per heavy atom. The van der Waals surface area contributed by atoms with Crippen molar-refractivity contribution in [2.45, 2.75) is 19.8 Å². The van der Waals surface area contributed by atoms with Crippen molar-refractivity contribution >= 4 is 88.0 Å². The molecule has 8 nitrogen and oxygen atoms in total. The van der Waals surface area contributed by atoms with Gasteiger partial charge in [-0.15, -0.1) is 0 Å². The Morgan fingerprint density at radius 1 is 0.491 bits per heavy atom. The number of rotatable bonds is 3. The van der Waals surface area contributed by atoms with E-state index in [9.17, 15) is 0 Å². The fourth-order valence-corrected chi connectivity index (χ4v) is 8.05. The summed E-state index contributed by atoms with van der Waals surface area (Å²) in [5.74, 6) is 2.21. The molecule has 4 aromatic carbocycles. The molecule has 0 saturated heterocycles. The minimum atomic E-state index is 0.514. The highest BCUT2D eigenvalue weighted by atomic mass is 15.1. The number of hydrogen-bond donors (Lipinski definition) is 2. The van der Waals surface area contributed by atoms with Crippen LogP contribution in [0.4, 0.5) is 0 Å². The van der Waals surface area contributed by atoms with E-state index in [-0.39, 0.29) is 0 Å². The Balaban J connectivity index is 1.31. The van der Waals surface area contributed by atoms with Crippen LogP contribution in [-0.2, 0) is 0 Å². The fourth-order valence-electron chi connectivity index (χ4n) is 8.05. The molecule has 57 heavy (non-hydrogen) atoms. The highest BCUT2D eigenvalue weighted by molar-refractivity contribution is 6.13. The molecule has 2 N–H and O–H groups in total. The molecule has 8 bridgehead atoms. The number of allylic oxidation sites excluding steroid dienone is 17. The van der Waals surface area contributed by atoms with Crippen molar-refractivity contribution in [1.29, 1.82) is 0 Å². The van der Waals surface area contributed by atoms with Crippen molar-refractivity contribution in [3.05, 3.63) is 181 Å². The third kappa shape index (κ3) is 5.61. The number of aromatic nitrogens is 8. The zero-order valence-electron chi connectivity index (χ0n) is 31.1. The van der Waals surface area contributed by atoms with Gasteiger partial charge in [0.15, 0.2) is 23.3 Å². The topological polar surface area (TPSA) is 109 Å². The van der Waals surface area contributed by atoms with Crippen molar-refractivity contribution in [2.75, 3.05) is 0 Å². The smallest absolute Gasteiger partial charge is 0.164 e. The molecule has 0 amide bonds. The SMILES string of the molecule is C=CC1=C(/C=C2/C=CC=CC2)c2nc1nc1[nH]c(nc3nc(nc4[nH]c(n2)c2cc5ccccc5cc42)C(/C=C2/C=CC=CC2)=C3C)c2cc3ccccc3cc12. The number of benzene rings is 4. The molecule has 270 valence electrons. The summed E-state index contributed by atoms with van der Waals surface area (Å²) in [5, 5.41) is 8.13. The highest BCUT2D eigenvalue weighted by Gasteiger charge is 2.23. The van der Waals surface area contributed by atoms with Gasteiger partial charge < -0.3 is 9.97 Å². The van der Waals surface area contributed by atoms with Gasteiger partial charge in [-0.05, 0) is 88.9 Å². The Kier molecular flexibility index (Phi) is 7.50. The quantitative estimate of drug-likeness (QED) is 0.187. The summed E-state index contributed by atoms with van der Waals surface area (Å²) in [7, 11) is 0. The summed E-state index contributed by atoms with van der Waals surface area (Å²) in [5.41, 5.74) is 8.39. The zero-order chi connectivity index (χ0) is 38.0. The highest BCUT2D eigenvalue weighted by Crippen LogP contribution is 2.36. The van der Waals surface area contributed by atoms with Crippen molar-refractivity contribution < 1.29 is 0 Å². The number of aromatic amines is 2. The Bertz CT molecular complexity index is 3370. The van der Waals surface area contributed by atoms with E-state index in [4.69, 9.17) is 29.9 Å². The predicted molar refractivity (Wildman–Crippen MR) is 234 cm³/mol. The van der Waals surface area contributed by atoms with E-state index in [0.29, 0.717) is 45.9 Å². The van der Waals surface area contributed by atoms with E-state index in [2.05, 4.69) is 157 Å². The number of fused-ring (bicyclic) bond motifs is 16. The van der Waals surface area contributed by atoms with Crippen LogP contribution >= 0.6 is 0 Å². The first-order chi connectivity index (χ1) is 28.1. The van der Waals surface area contributed by atoms with Crippen LogP contribution in [0.3, 0.4) is 0 Å². The van der Waals surface area contributed by atoms with E-state index in [1.54, 1.807) is 0 Å². The normalized spacial score (nSPS) is 16.8. The summed E-state index contributed by atoms with van der Waals surface area (Å²) in [6.45, 7) is 6.32. The van der Waals surface area contributed by atoms with Gasteiger partial charge in [-0.3, -0.25) is 0 Å². The molecule has 2 aliphatic carbocycles. The van der Waals surface area contributed by atoms with Crippen molar-refractivity contribution in [3.63, 3.8) is 0 Å². The van der Waals surface area contributed by atoms with Gasteiger partial charge in [0.25, 0.3) is 0 Å². The molecule has 0 unspecified atom stereocenters. The maximum atomic E-state index is 5.32. The molecule has 2 aliphatic heterocycles. The second kappa shape index (κ2) is 13.0. The molecule has 3 aromatic heterocycles. The number of nitrogens with zero attached hydrogens (tertiary/aromatic N) is 6. The predicted octanol–water partition coefficient (Wildman–Crippen LogP) is 11.4. The Morgan fingerprint density at radius 2 is 0.895 bits per heavy atom. The molecule has 4 aliphatic rings. The van der Waals surface area contributed by atoms with Crippen LogP contribution in [0, 0.1) is 0 Å². The zero-order valence-corrected chi connectivity index (χ0v) is 31.1. The first kappa shape index (κ1) is 32.8. The lowest BCUT2D eigenvalue weighted by Crippen LogP contribution is -1.89. The lowest BCUT2D eigenvalue weighted by atomic mass is 10.0. The van der Waals surface area contributed by atoms with Gasteiger partial charge in [0, 0.05) is 43.8 Å². The van der Waals surface area contributed by atoms with E-state index in [1.807, 2.05) is 6.08 Å². The van der Waals surface area contributed by atoms with E-state index in [0.717, 1.165) is 83.8 Å². The van der Waals surface area contributed by atoms with Crippen LogP contribution in [0.2, 0.25) is 0 Å². The average molecular weight is 735 g/mol. The van der Waals surface area contributed by atoms with Crippen molar-refractivity contribution in [2.24, 2.45) is 0 Å². The van der Waals surface area contributed by atoms with Crippen LogP contribution < -0.4 is 0 Å². The molecule has 0 saturated carbocycles. The lowest BCUT2D eigenvalue weighted by molar-refractivity contribution is 1.10. The molecular formula is C49H34N8. The van der Waals surface area contributed by atoms with Crippen LogP contribution in [0.1, 0.15) is 43.1 Å². The van der Waals surface area contributed by atoms with Gasteiger partial charge in [0.05, 0.1) is 0 Å². The third-order valence-corrected chi connectivity index (χ3v) is 11.0. The molecule has 0 fully saturated rings. The molecule has 5 heterocycles.